The van der Waals surface area contributed by atoms with E-state index in [9.17, 15) is 4.39 Å². The zero-order chi connectivity index (χ0) is 17.5. The number of halogens is 1. The van der Waals surface area contributed by atoms with Crippen LogP contribution in [0.4, 0.5) is 4.39 Å². The number of aromatic nitrogens is 4. The Morgan fingerprint density at radius 3 is 3.00 bits per heavy atom. The Labute approximate surface area is 149 Å². The van der Waals surface area contributed by atoms with Gasteiger partial charge >= 0.3 is 0 Å². The Hall–Kier alpha value is -2.58. The van der Waals surface area contributed by atoms with Gasteiger partial charge in [0.2, 0.25) is 0 Å². The third kappa shape index (κ3) is 2.53. The van der Waals surface area contributed by atoms with E-state index in [0.717, 1.165) is 37.1 Å². The van der Waals surface area contributed by atoms with Gasteiger partial charge in [0, 0.05) is 17.8 Å². The van der Waals surface area contributed by atoms with Crippen molar-refractivity contribution in [2.24, 2.45) is 0 Å². The molecular weight excluding hydrogens is 337 g/mol. The van der Waals surface area contributed by atoms with Crippen molar-refractivity contribution in [1.82, 2.24) is 25.2 Å². The highest BCUT2D eigenvalue weighted by atomic mass is 19.1. The molecule has 0 saturated carbocycles. The van der Waals surface area contributed by atoms with E-state index >= 15 is 0 Å². The van der Waals surface area contributed by atoms with Crippen LogP contribution in [-0.4, -0.2) is 39.7 Å². The summed E-state index contributed by atoms with van der Waals surface area (Å²) in [6.45, 7) is 1.95. The number of benzene rings is 1. The summed E-state index contributed by atoms with van der Waals surface area (Å²) < 4.78 is 26.9. The van der Waals surface area contributed by atoms with E-state index in [2.05, 4.69) is 20.6 Å². The first-order valence-corrected chi connectivity index (χ1v) is 8.82. The lowest BCUT2D eigenvalue weighted by Gasteiger charge is -2.20. The van der Waals surface area contributed by atoms with E-state index in [1.54, 1.807) is 22.9 Å². The van der Waals surface area contributed by atoms with Gasteiger partial charge in [0.05, 0.1) is 19.3 Å². The second-order valence-electron chi connectivity index (χ2n) is 6.53. The summed E-state index contributed by atoms with van der Waals surface area (Å²) in [4.78, 5) is 4.52. The van der Waals surface area contributed by atoms with Gasteiger partial charge < -0.3 is 14.6 Å². The van der Waals surface area contributed by atoms with E-state index in [1.165, 1.54) is 6.07 Å². The van der Waals surface area contributed by atoms with Crippen molar-refractivity contribution in [3.05, 3.63) is 47.2 Å². The molecule has 0 bridgehead atoms. The summed E-state index contributed by atoms with van der Waals surface area (Å²) in [7, 11) is 0. The molecule has 1 fully saturated rings. The molecular formula is C18H18FN5O2. The molecule has 1 atom stereocenters. The largest absolute Gasteiger partial charge is 0.378 e. The van der Waals surface area contributed by atoms with E-state index < -0.39 is 0 Å². The van der Waals surface area contributed by atoms with Crippen LogP contribution in [0, 0.1) is 5.82 Å². The molecule has 1 aromatic carbocycles. The molecule has 26 heavy (non-hydrogen) atoms. The summed E-state index contributed by atoms with van der Waals surface area (Å²) in [6, 6.07) is 6.57. The lowest BCUT2D eigenvalue weighted by atomic mass is 10.2. The average Bonchev–Trinajstić information content (AvgIpc) is 3.39. The molecule has 1 N–H and O–H groups in total. The van der Waals surface area contributed by atoms with Gasteiger partial charge in [-0.2, -0.15) is 10.1 Å². The lowest BCUT2D eigenvalue weighted by molar-refractivity contribution is 0.0734. The van der Waals surface area contributed by atoms with Gasteiger partial charge in [-0.25, -0.2) is 9.07 Å². The molecule has 1 aliphatic carbocycles. The molecule has 2 aliphatic rings. The summed E-state index contributed by atoms with van der Waals surface area (Å²) in [5.41, 5.74) is 3.18. The Morgan fingerprint density at radius 1 is 1.23 bits per heavy atom. The lowest BCUT2D eigenvalue weighted by Crippen LogP contribution is -2.35. The predicted octanol–water partition coefficient (Wildman–Crippen LogP) is 2.21. The predicted molar refractivity (Wildman–Crippen MR) is 90.4 cm³/mol. The number of rotatable bonds is 3. The standard InChI is InChI=1S/C18H18FN5O2/c19-12-5-1-2-6-15(12)24-14-7-3-4-11(14)16(22-24)18-21-17(23-26-18)13-10-25-9-8-20-13/h1-2,5-6,13,20H,3-4,7-10H2. The van der Waals surface area contributed by atoms with Crippen LogP contribution in [-0.2, 0) is 17.6 Å². The molecule has 3 heterocycles. The fourth-order valence-corrected chi connectivity index (χ4v) is 3.64. The molecule has 0 amide bonds. The fourth-order valence-electron chi connectivity index (χ4n) is 3.64. The molecule has 0 radical (unpaired) electrons. The molecule has 1 unspecified atom stereocenters. The van der Waals surface area contributed by atoms with Crippen LogP contribution in [0.5, 0.6) is 0 Å². The number of para-hydroxylation sites is 1. The van der Waals surface area contributed by atoms with Crippen LogP contribution < -0.4 is 5.32 Å². The fraction of sp³-hybridized carbons (Fsp3) is 0.389. The average molecular weight is 355 g/mol. The topological polar surface area (TPSA) is 78.0 Å². The number of nitrogens with one attached hydrogen (secondary N) is 1. The number of nitrogens with zero attached hydrogens (tertiary/aromatic N) is 4. The molecule has 134 valence electrons. The third-order valence-electron chi connectivity index (χ3n) is 4.89. The Bertz CT molecular complexity index is 945. The third-order valence-corrected chi connectivity index (χ3v) is 4.89. The summed E-state index contributed by atoms with van der Waals surface area (Å²) in [6.07, 6.45) is 2.74. The molecule has 5 rings (SSSR count). The monoisotopic (exact) mass is 355 g/mol. The van der Waals surface area contributed by atoms with E-state index in [-0.39, 0.29) is 11.9 Å². The minimum Gasteiger partial charge on any atom is -0.378 e. The van der Waals surface area contributed by atoms with E-state index in [1.807, 2.05) is 0 Å². The highest BCUT2D eigenvalue weighted by molar-refractivity contribution is 5.58. The quantitative estimate of drug-likeness (QED) is 0.776. The molecule has 8 heteroatoms. The zero-order valence-electron chi connectivity index (χ0n) is 14.1. The van der Waals surface area contributed by atoms with Crippen molar-refractivity contribution in [2.45, 2.75) is 25.3 Å². The summed E-state index contributed by atoms with van der Waals surface area (Å²) >= 11 is 0. The van der Waals surface area contributed by atoms with Gasteiger partial charge in [-0.05, 0) is 31.4 Å². The number of morpholine rings is 1. The Morgan fingerprint density at radius 2 is 2.15 bits per heavy atom. The van der Waals surface area contributed by atoms with Crippen molar-refractivity contribution in [3.8, 4) is 17.3 Å². The number of hydrogen-bond acceptors (Lipinski definition) is 6. The Balaban J connectivity index is 1.55. The van der Waals surface area contributed by atoms with Crippen molar-refractivity contribution >= 4 is 0 Å². The zero-order valence-corrected chi connectivity index (χ0v) is 14.1. The van der Waals surface area contributed by atoms with Gasteiger partial charge in [0.1, 0.15) is 11.5 Å². The van der Waals surface area contributed by atoms with Crippen LogP contribution in [0.1, 0.15) is 29.5 Å². The molecule has 3 aromatic rings. The smallest absolute Gasteiger partial charge is 0.278 e. The van der Waals surface area contributed by atoms with Crippen LogP contribution >= 0.6 is 0 Å². The second-order valence-corrected chi connectivity index (χ2v) is 6.53. The van der Waals surface area contributed by atoms with Gasteiger partial charge in [0.25, 0.3) is 5.89 Å². The van der Waals surface area contributed by atoms with Gasteiger partial charge in [-0.15, -0.1) is 0 Å². The highest BCUT2D eigenvalue weighted by Gasteiger charge is 2.29. The van der Waals surface area contributed by atoms with Crippen LogP contribution in [0.2, 0.25) is 0 Å². The van der Waals surface area contributed by atoms with Crippen molar-refractivity contribution in [1.29, 1.82) is 0 Å². The maximum atomic E-state index is 14.3. The molecule has 0 spiro atoms. The minimum absolute atomic E-state index is 0.0806. The maximum absolute atomic E-state index is 14.3. The molecule has 7 nitrogen and oxygen atoms in total. The molecule has 2 aromatic heterocycles. The maximum Gasteiger partial charge on any atom is 0.278 e. The summed E-state index contributed by atoms with van der Waals surface area (Å²) in [5, 5.41) is 12.0. The van der Waals surface area contributed by atoms with Crippen LogP contribution in [0.25, 0.3) is 17.3 Å². The van der Waals surface area contributed by atoms with Gasteiger partial charge in [0.15, 0.2) is 11.5 Å². The van der Waals surface area contributed by atoms with Crippen molar-refractivity contribution < 1.29 is 13.7 Å². The first-order valence-electron chi connectivity index (χ1n) is 8.82. The number of fused-ring (bicyclic) bond motifs is 1. The van der Waals surface area contributed by atoms with Gasteiger partial charge in [-0.3, -0.25) is 0 Å². The minimum atomic E-state index is -0.300. The normalized spacial score (nSPS) is 19.7. The first-order chi connectivity index (χ1) is 12.8. The van der Waals surface area contributed by atoms with Crippen LogP contribution in [0.3, 0.4) is 0 Å². The SMILES string of the molecule is Fc1ccccc1-n1nc(-c2nc(C3COCCN3)no2)c2c1CCC2. The Kier molecular flexibility index (Phi) is 3.79. The molecule has 1 saturated heterocycles. The van der Waals surface area contributed by atoms with Crippen LogP contribution in [0.15, 0.2) is 28.8 Å². The highest BCUT2D eigenvalue weighted by Crippen LogP contribution is 2.33. The van der Waals surface area contributed by atoms with E-state index in [0.29, 0.717) is 36.3 Å². The van der Waals surface area contributed by atoms with Crippen molar-refractivity contribution in [2.75, 3.05) is 19.8 Å². The van der Waals surface area contributed by atoms with E-state index in [4.69, 9.17) is 9.26 Å². The second kappa shape index (κ2) is 6.30. The van der Waals surface area contributed by atoms with Gasteiger partial charge in [-0.1, -0.05) is 17.3 Å². The number of ether oxygens (including phenoxy) is 1. The van der Waals surface area contributed by atoms with Crippen molar-refractivity contribution in [3.63, 3.8) is 0 Å². The first kappa shape index (κ1) is 15.7. The molecule has 1 aliphatic heterocycles. The summed E-state index contributed by atoms with van der Waals surface area (Å²) in [5.74, 6) is 0.638. The number of hydrogen-bond donors (Lipinski definition) is 1.